The first-order chi connectivity index (χ1) is 5.68. The number of aryl methyl sites for hydroxylation is 1. The molecule has 0 saturated heterocycles. The SMILES string of the molecule is Cc1cc(Br)cc2c1OC[C@@H]2N. The van der Waals surface area contributed by atoms with Gasteiger partial charge in [-0.3, -0.25) is 0 Å². The van der Waals surface area contributed by atoms with Gasteiger partial charge in [0.2, 0.25) is 0 Å². The lowest BCUT2D eigenvalue weighted by Crippen LogP contribution is -2.10. The van der Waals surface area contributed by atoms with E-state index in [4.69, 9.17) is 10.5 Å². The molecule has 2 N–H and O–H groups in total. The van der Waals surface area contributed by atoms with Crippen molar-refractivity contribution in [2.75, 3.05) is 6.61 Å². The van der Waals surface area contributed by atoms with E-state index in [9.17, 15) is 0 Å². The first-order valence-corrected chi connectivity index (χ1v) is 4.66. The van der Waals surface area contributed by atoms with Crippen LogP contribution in [0.2, 0.25) is 0 Å². The molecule has 0 amide bonds. The monoisotopic (exact) mass is 227 g/mol. The van der Waals surface area contributed by atoms with Gasteiger partial charge in [-0.15, -0.1) is 0 Å². The van der Waals surface area contributed by atoms with E-state index in [1.54, 1.807) is 0 Å². The van der Waals surface area contributed by atoms with Crippen molar-refractivity contribution in [3.63, 3.8) is 0 Å². The van der Waals surface area contributed by atoms with Crippen LogP contribution in [0.3, 0.4) is 0 Å². The van der Waals surface area contributed by atoms with Gasteiger partial charge in [-0.1, -0.05) is 15.9 Å². The Hall–Kier alpha value is -0.540. The maximum Gasteiger partial charge on any atom is 0.127 e. The van der Waals surface area contributed by atoms with Gasteiger partial charge < -0.3 is 10.5 Å². The third-order valence-corrected chi connectivity index (χ3v) is 2.53. The third-order valence-electron chi connectivity index (χ3n) is 2.07. The zero-order valence-electron chi connectivity index (χ0n) is 6.80. The summed E-state index contributed by atoms with van der Waals surface area (Å²) < 4.78 is 6.52. The molecule has 1 aliphatic rings. The fourth-order valence-corrected chi connectivity index (χ4v) is 2.08. The molecule has 0 saturated carbocycles. The number of fused-ring (bicyclic) bond motifs is 1. The summed E-state index contributed by atoms with van der Waals surface area (Å²) in [6, 6.07) is 4.10. The van der Waals surface area contributed by atoms with Crippen molar-refractivity contribution in [2.45, 2.75) is 13.0 Å². The second-order valence-electron chi connectivity index (χ2n) is 3.06. The minimum Gasteiger partial charge on any atom is -0.491 e. The average molecular weight is 228 g/mol. The Morgan fingerprint density at radius 2 is 2.33 bits per heavy atom. The number of rotatable bonds is 0. The molecule has 0 unspecified atom stereocenters. The molecule has 2 nitrogen and oxygen atoms in total. The van der Waals surface area contributed by atoms with E-state index in [2.05, 4.69) is 15.9 Å². The second-order valence-corrected chi connectivity index (χ2v) is 3.97. The lowest BCUT2D eigenvalue weighted by molar-refractivity contribution is 0.331. The van der Waals surface area contributed by atoms with Gasteiger partial charge in [-0.05, 0) is 24.6 Å². The van der Waals surface area contributed by atoms with E-state index in [0.29, 0.717) is 6.61 Å². The Labute approximate surface area is 79.8 Å². The van der Waals surface area contributed by atoms with Gasteiger partial charge in [0, 0.05) is 10.0 Å². The molecular formula is C9H10BrNO. The van der Waals surface area contributed by atoms with E-state index in [-0.39, 0.29) is 6.04 Å². The van der Waals surface area contributed by atoms with Gasteiger partial charge in [-0.25, -0.2) is 0 Å². The van der Waals surface area contributed by atoms with Crippen molar-refractivity contribution in [1.82, 2.24) is 0 Å². The van der Waals surface area contributed by atoms with Gasteiger partial charge in [-0.2, -0.15) is 0 Å². The maximum absolute atomic E-state index is 5.84. The fourth-order valence-electron chi connectivity index (χ4n) is 1.49. The van der Waals surface area contributed by atoms with E-state index >= 15 is 0 Å². The molecule has 0 radical (unpaired) electrons. The number of hydrogen-bond donors (Lipinski definition) is 1. The van der Waals surface area contributed by atoms with Gasteiger partial charge in [0.15, 0.2) is 0 Å². The molecule has 12 heavy (non-hydrogen) atoms. The predicted octanol–water partition coefficient (Wildman–Crippen LogP) is 2.15. The summed E-state index contributed by atoms with van der Waals surface area (Å²) in [6.07, 6.45) is 0. The zero-order chi connectivity index (χ0) is 8.72. The summed E-state index contributed by atoms with van der Waals surface area (Å²) in [4.78, 5) is 0. The van der Waals surface area contributed by atoms with Crippen LogP contribution in [0.25, 0.3) is 0 Å². The summed E-state index contributed by atoms with van der Waals surface area (Å²) in [5.74, 6) is 0.964. The van der Waals surface area contributed by atoms with Crippen molar-refractivity contribution in [2.24, 2.45) is 5.73 Å². The molecule has 3 heteroatoms. The normalized spacial score (nSPS) is 20.4. The van der Waals surface area contributed by atoms with Crippen molar-refractivity contribution in [1.29, 1.82) is 0 Å². The smallest absolute Gasteiger partial charge is 0.127 e. The Bertz CT molecular complexity index is 325. The molecule has 1 heterocycles. The highest BCUT2D eigenvalue weighted by molar-refractivity contribution is 9.10. The molecule has 0 fully saturated rings. The van der Waals surface area contributed by atoms with Crippen molar-refractivity contribution >= 4 is 15.9 Å². The Morgan fingerprint density at radius 1 is 1.58 bits per heavy atom. The van der Waals surface area contributed by atoms with Crippen LogP contribution in [-0.2, 0) is 0 Å². The van der Waals surface area contributed by atoms with Crippen molar-refractivity contribution in [3.05, 3.63) is 27.7 Å². The van der Waals surface area contributed by atoms with E-state index in [1.165, 1.54) is 0 Å². The topological polar surface area (TPSA) is 35.2 Å². The lowest BCUT2D eigenvalue weighted by atomic mass is 10.1. The van der Waals surface area contributed by atoms with E-state index in [0.717, 1.165) is 21.3 Å². The highest BCUT2D eigenvalue weighted by atomic mass is 79.9. The molecule has 2 rings (SSSR count). The molecule has 1 atom stereocenters. The molecule has 0 aliphatic carbocycles. The molecule has 1 aromatic rings. The van der Waals surface area contributed by atoms with Gasteiger partial charge in [0.05, 0.1) is 6.04 Å². The highest BCUT2D eigenvalue weighted by Gasteiger charge is 2.22. The van der Waals surface area contributed by atoms with Crippen LogP contribution in [0, 0.1) is 6.92 Å². The summed E-state index contributed by atoms with van der Waals surface area (Å²) in [6.45, 7) is 2.63. The van der Waals surface area contributed by atoms with E-state index < -0.39 is 0 Å². The van der Waals surface area contributed by atoms with Crippen LogP contribution in [0.5, 0.6) is 5.75 Å². The Morgan fingerprint density at radius 3 is 3.08 bits per heavy atom. The quantitative estimate of drug-likeness (QED) is 0.738. The Kier molecular flexibility index (Phi) is 1.85. The molecule has 0 bridgehead atoms. The van der Waals surface area contributed by atoms with Crippen LogP contribution < -0.4 is 10.5 Å². The summed E-state index contributed by atoms with van der Waals surface area (Å²) >= 11 is 3.43. The van der Waals surface area contributed by atoms with Gasteiger partial charge >= 0.3 is 0 Å². The summed E-state index contributed by atoms with van der Waals surface area (Å²) in [5, 5.41) is 0. The van der Waals surface area contributed by atoms with Crippen LogP contribution in [0.1, 0.15) is 17.2 Å². The maximum atomic E-state index is 5.84. The third kappa shape index (κ3) is 1.13. The minimum atomic E-state index is 0.0381. The first kappa shape index (κ1) is 8.08. The minimum absolute atomic E-state index is 0.0381. The molecular weight excluding hydrogens is 218 g/mol. The lowest BCUT2D eigenvalue weighted by Gasteiger charge is -2.04. The number of ether oxygens (including phenoxy) is 1. The molecule has 0 spiro atoms. The molecule has 0 aromatic heterocycles. The van der Waals surface area contributed by atoms with Crippen LogP contribution in [-0.4, -0.2) is 6.61 Å². The summed E-state index contributed by atoms with van der Waals surface area (Å²) in [5.41, 5.74) is 8.10. The predicted molar refractivity (Wildman–Crippen MR) is 51.3 cm³/mol. The summed E-state index contributed by atoms with van der Waals surface area (Å²) in [7, 11) is 0. The van der Waals surface area contributed by atoms with Crippen LogP contribution in [0.15, 0.2) is 16.6 Å². The molecule has 1 aromatic carbocycles. The fraction of sp³-hybridized carbons (Fsp3) is 0.333. The molecule has 1 aliphatic heterocycles. The zero-order valence-corrected chi connectivity index (χ0v) is 8.39. The standard InChI is InChI=1S/C9H10BrNO/c1-5-2-6(10)3-7-8(11)4-12-9(5)7/h2-3,8H,4,11H2,1H3/t8-/m0/s1. The Balaban J connectivity index is 2.60. The largest absolute Gasteiger partial charge is 0.491 e. The number of nitrogens with two attached hydrogens (primary N) is 1. The average Bonchev–Trinajstić information content (AvgIpc) is 2.33. The number of benzene rings is 1. The molecule has 64 valence electrons. The van der Waals surface area contributed by atoms with Crippen LogP contribution in [0.4, 0.5) is 0 Å². The van der Waals surface area contributed by atoms with E-state index in [1.807, 2.05) is 19.1 Å². The van der Waals surface area contributed by atoms with Crippen molar-refractivity contribution in [3.8, 4) is 5.75 Å². The number of hydrogen-bond acceptors (Lipinski definition) is 2. The van der Waals surface area contributed by atoms with Gasteiger partial charge in [0.1, 0.15) is 12.4 Å². The van der Waals surface area contributed by atoms with Crippen molar-refractivity contribution < 1.29 is 4.74 Å². The second kappa shape index (κ2) is 2.75. The van der Waals surface area contributed by atoms with Crippen LogP contribution >= 0.6 is 15.9 Å². The van der Waals surface area contributed by atoms with Gasteiger partial charge in [0.25, 0.3) is 0 Å². The first-order valence-electron chi connectivity index (χ1n) is 3.87. The highest BCUT2D eigenvalue weighted by Crippen LogP contribution is 2.36. The number of halogens is 1.